The Morgan fingerprint density at radius 1 is 0.871 bits per heavy atom. The lowest BCUT2D eigenvalue weighted by Crippen LogP contribution is -2.48. The average Bonchev–Trinajstić information content (AvgIpc) is 3.36. The number of carbonyl (C=O) groups is 3. The maximum absolute atomic E-state index is 13.3. The van der Waals surface area contributed by atoms with Gasteiger partial charge in [0.25, 0.3) is 11.8 Å². The molecular weight excluding hydrogens is 396 g/mol. The number of nitrogens with one attached hydrogen (secondary N) is 1. The lowest BCUT2D eigenvalue weighted by molar-refractivity contribution is -0.119. The highest BCUT2D eigenvalue weighted by molar-refractivity contribution is 6.23. The zero-order chi connectivity index (χ0) is 21.4. The standard InChI is InChI=1S/C24H18N2O5/c27-22(25-16-10-11-20-21(13-16)31-14-30-20)19(12-15-6-2-1-3-7-15)26-23(28)17-8-4-5-9-18(17)24(26)29/h1-11,13,19H,12,14H2,(H,25,27). The Morgan fingerprint density at radius 3 is 2.23 bits per heavy atom. The Morgan fingerprint density at radius 2 is 1.52 bits per heavy atom. The molecule has 7 heteroatoms. The van der Waals surface area contributed by atoms with E-state index >= 15 is 0 Å². The largest absolute Gasteiger partial charge is 0.454 e. The minimum atomic E-state index is -1.01. The van der Waals surface area contributed by atoms with Gasteiger partial charge in [-0.05, 0) is 29.8 Å². The molecule has 1 N–H and O–H groups in total. The zero-order valence-electron chi connectivity index (χ0n) is 16.4. The summed E-state index contributed by atoms with van der Waals surface area (Å²) in [5.74, 6) is -0.278. The van der Waals surface area contributed by atoms with Crippen molar-refractivity contribution in [1.29, 1.82) is 0 Å². The Hall–Kier alpha value is -4.13. The second-order valence-electron chi connectivity index (χ2n) is 7.29. The fourth-order valence-electron chi connectivity index (χ4n) is 3.83. The Labute approximate surface area is 178 Å². The Balaban J connectivity index is 1.47. The topological polar surface area (TPSA) is 84.9 Å². The molecule has 3 aromatic rings. The number of imide groups is 1. The summed E-state index contributed by atoms with van der Waals surface area (Å²) in [5.41, 5.74) is 1.94. The van der Waals surface area contributed by atoms with Gasteiger partial charge in [-0.3, -0.25) is 19.3 Å². The molecule has 0 fully saturated rings. The van der Waals surface area contributed by atoms with Crippen molar-refractivity contribution in [2.75, 3.05) is 12.1 Å². The summed E-state index contributed by atoms with van der Waals surface area (Å²) in [6, 6.07) is 19.9. The highest BCUT2D eigenvalue weighted by Crippen LogP contribution is 2.34. The number of benzene rings is 3. The van der Waals surface area contributed by atoms with Crippen LogP contribution in [0, 0.1) is 0 Å². The molecule has 2 aliphatic rings. The fourth-order valence-corrected chi connectivity index (χ4v) is 3.83. The molecule has 31 heavy (non-hydrogen) atoms. The van der Waals surface area contributed by atoms with Crippen molar-refractivity contribution in [3.8, 4) is 11.5 Å². The minimum Gasteiger partial charge on any atom is -0.454 e. The molecule has 0 saturated carbocycles. The number of hydrogen-bond acceptors (Lipinski definition) is 5. The van der Waals surface area contributed by atoms with Crippen LogP contribution in [0.25, 0.3) is 0 Å². The van der Waals surface area contributed by atoms with E-state index in [1.54, 1.807) is 42.5 Å². The van der Waals surface area contributed by atoms with Gasteiger partial charge in [-0.25, -0.2) is 0 Å². The summed E-state index contributed by atoms with van der Waals surface area (Å²) in [6.45, 7) is 0.123. The van der Waals surface area contributed by atoms with Crippen LogP contribution in [0.2, 0.25) is 0 Å². The molecule has 1 unspecified atom stereocenters. The third-order valence-electron chi connectivity index (χ3n) is 5.35. The van der Waals surface area contributed by atoms with Crippen LogP contribution in [-0.4, -0.2) is 35.5 Å². The predicted molar refractivity (Wildman–Crippen MR) is 112 cm³/mol. The summed E-state index contributed by atoms with van der Waals surface area (Å²) < 4.78 is 10.7. The smallest absolute Gasteiger partial charge is 0.262 e. The van der Waals surface area contributed by atoms with E-state index in [-0.39, 0.29) is 13.2 Å². The van der Waals surface area contributed by atoms with Crippen molar-refractivity contribution in [2.24, 2.45) is 0 Å². The summed E-state index contributed by atoms with van der Waals surface area (Å²) in [4.78, 5) is 40.4. The zero-order valence-corrected chi connectivity index (χ0v) is 16.4. The summed E-state index contributed by atoms with van der Waals surface area (Å²) in [6.07, 6.45) is 0.197. The summed E-state index contributed by atoms with van der Waals surface area (Å²) in [5, 5.41) is 2.82. The lowest BCUT2D eigenvalue weighted by atomic mass is 10.0. The van der Waals surface area contributed by atoms with Gasteiger partial charge >= 0.3 is 0 Å². The highest BCUT2D eigenvalue weighted by atomic mass is 16.7. The van der Waals surface area contributed by atoms with E-state index in [4.69, 9.17) is 9.47 Å². The van der Waals surface area contributed by atoms with E-state index in [0.29, 0.717) is 28.3 Å². The quantitative estimate of drug-likeness (QED) is 0.648. The van der Waals surface area contributed by atoms with Gasteiger partial charge in [-0.1, -0.05) is 42.5 Å². The van der Waals surface area contributed by atoms with Gasteiger partial charge in [-0.15, -0.1) is 0 Å². The van der Waals surface area contributed by atoms with Crippen LogP contribution in [0.3, 0.4) is 0 Å². The summed E-state index contributed by atoms with van der Waals surface area (Å²) in [7, 11) is 0. The Kier molecular flexibility index (Phi) is 4.63. The number of hydrogen-bond donors (Lipinski definition) is 1. The number of amides is 3. The number of ether oxygens (including phenoxy) is 2. The van der Waals surface area contributed by atoms with Gasteiger partial charge in [0.05, 0.1) is 11.1 Å². The molecule has 3 amide bonds. The second-order valence-corrected chi connectivity index (χ2v) is 7.29. The number of rotatable bonds is 5. The van der Waals surface area contributed by atoms with E-state index in [2.05, 4.69) is 5.32 Å². The average molecular weight is 414 g/mol. The molecule has 5 rings (SSSR count). The molecule has 0 radical (unpaired) electrons. The van der Waals surface area contributed by atoms with Crippen molar-refractivity contribution >= 4 is 23.4 Å². The van der Waals surface area contributed by atoms with Gasteiger partial charge in [0.1, 0.15) is 6.04 Å². The molecule has 0 aliphatic carbocycles. The number of carbonyl (C=O) groups excluding carboxylic acids is 3. The molecule has 0 saturated heterocycles. The fraction of sp³-hybridized carbons (Fsp3) is 0.125. The SMILES string of the molecule is O=C(Nc1ccc2c(c1)OCO2)C(Cc1ccccc1)N1C(=O)c2ccccc2C1=O. The lowest BCUT2D eigenvalue weighted by Gasteiger charge is -2.25. The third-order valence-corrected chi connectivity index (χ3v) is 5.35. The van der Waals surface area contributed by atoms with Crippen LogP contribution in [0.1, 0.15) is 26.3 Å². The third kappa shape index (κ3) is 3.40. The van der Waals surface area contributed by atoms with Gasteiger partial charge in [0, 0.05) is 18.2 Å². The molecule has 7 nitrogen and oxygen atoms in total. The number of anilines is 1. The van der Waals surface area contributed by atoms with Crippen LogP contribution >= 0.6 is 0 Å². The number of fused-ring (bicyclic) bond motifs is 2. The molecule has 2 heterocycles. The van der Waals surface area contributed by atoms with Crippen LogP contribution in [-0.2, 0) is 11.2 Å². The highest BCUT2D eigenvalue weighted by Gasteiger charge is 2.42. The summed E-state index contributed by atoms with van der Waals surface area (Å²) >= 11 is 0. The van der Waals surface area contributed by atoms with Crippen molar-refractivity contribution in [3.63, 3.8) is 0 Å². The first kappa shape index (κ1) is 18.9. The van der Waals surface area contributed by atoms with Crippen molar-refractivity contribution < 1.29 is 23.9 Å². The molecular formula is C24H18N2O5. The predicted octanol–water partition coefficient (Wildman–Crippen LogP) is 3.26. The first-order valence-corrected chi connectivity index (χ1v) is 9.83. The molecule has 0 aromatic heterocycles. The Bertz CT molecular complexity index is 1160. The molecule has 1 atom stereocenters. The second kappa shape index (κ2) is 7.60. The van der Waals surface area contributed by atoms with Crippen LogP contribution in [0.4, 0.5) is 5.69 Å². The van der Waals surface area contributed by atoms with Crippen molar-refractivity contribution in [2.45, 2.75) is 12.5 Å². The van der Waals surface area contributed by atoms with Crippen LogP contribution < -0.4 is 14.8 Å². The first-order chi connectivity index (χ1) is 15.1. The maximum atomic E-state index is 13.3. The van der Waals surface area contributed by atoms with Crippen LogP contribution in [0.15, 0.2) is 72.8 Å². The van der Waals surface area contributed by atoms with Gasteiger partial charge in [-0.2, -0.15) is 0 Å². The van der Waals surface area contributed by atoms with Gasteiger partial charge in [0.15, 0.2) is 11.5 Å². The van der Waals surface area contributed by atoms with Crippen molar-refractivity contribution in [1.82, 2.24) is 4.90 Å². The van der Waals surface area contributed by atoms with E-state index in [0.717, 1.165) is 10.5 Å². The molecule has 3 aromatic carbocycles. The normalized spacial score (nSPS) is 15.0. The van der Waals surface area contributed by atoms with E-state index in [1.807, 2.05) is 30.3 Å². The van der Waals surface area contributed by atoms with E-state index in [1.165, 1.54) is 0 Å². The minimum absolute atomic E-state index is 0.123. The monoisotopic (exact) mass is 414 g/mol. The molecule has 0 spiro atoms. The number of nitrogens with zero attached hydrogens (tertiary/aromatic N) is 1. The molecule has 2 aliphatic heterocycles. The van der Waals surface area contributed by atoms with Crippen LogP contribution in [0.5, 0.6) is 11.5 Å². The first-order valence-electron chi connectivity index (χ1n) is 9.83. The maximum Gasteiger partial charge on any atom is 0.262 e. The van der Waals surface area contributed by atoms with Gasteiger partial charge < -0.3 is 14.8 Å². The molecule has 154 valence electrons. The van der Waals surface area contributed by atoms with E-state index in [9.17, 15) is 14.4 Å². The molecule has 0 bridgehead atoms. The van der Waals surface area contributed by atoms with Crippen molar-refractivity contribution in [3.05, 3.63) is 89.5 Å². The van der Waals surface area contributed by atoms with Gasteiger partial charge in [0.2, 0.25) is 12.7 Å². The van der Waals surface area contributed by atoms with E-state index < -0.39 is 23.8 Å².